The standard InChI is InChI=1S/C28H29Cl4N3O4S/c1-4-15-33-28(37)19(3)34(16-21-22(29)7-5-8-23(21)30)26(36)17-35(25-10-6-9-24(31)27(25)32)40(38,39)20-13-11-18(2)12-14-20/h5-14,19H,4,15-17H2,1-3H3,(H,33,37)/t19-/m1/s1. The van der Waals surface area contributed by atoms with Crippen molar-refractivity contribution >= 4 is 73.9 Å². The number of sulfonamides is 1. The van der Waals surface area contributed by atoms with Crippen molar-refractivity contribution in [2.45, 2.75) is 44.7 Å². The SMILES string of the molecule is CCCNC(=O)[C@@H](C)N(Cc1c(Cl)cccc1Cl)C(=O)CN(c1cccc(Cl)c1Cl)S(=O)(=O)c1ccc(C)cc1. The number of hydrogen-bond acceptors (Lipinski definition) is 4. The molecule has 0 bridgehead atoms. The molecule has 0 fully saturated rings. The van der Waals surface area contributed by atoms with E-state index in [1.54, 1.807) is 37.3 Å². The summed E-state index contributed by atoms with van der Waals surface area (Å²) >= 11 is 25.5. The predicted octanol–water partition coefficient (Wildman–Crippen LogP) is 6.75. The lowest BCUT2D eigenvalue weighted by molar-refractivity contribution is -0.139. The van der Waals surface area contributed by atoms with E-state index in [0.717, 1.165) is 9.87 Å². The smallest absolute Gasteiger partial charge is 0.264 e. The Bertz CT molecular complexity index is 1460. The average Bonchev–Trinajstić information content (AvgIpc) is 2.91. The van der Waals surface area contributed by atoms with Crippen molar-refractivity contribution in [1.82, 2.24) is 10.2 Å². The van der Waals surface area contributed by atoms with Gasteiger partial charge < -0.3 is 10.2 Å². The molecule has 0 saturated heterocycles. The molecule has 1 atom stereocenters. The number of hydrogen-bond donors (Lipinski definition) is 1. The third-order valence-corrected chi connectivity index (χ3v) is 9.49. The molecule has 3 aromatic carbocycles. The highest BCUT2D eigenvalue weighted by molar-refractivity contribution is 7.92. The lowest BCUT2D eigenvalue weighted by atomic mass is 10.1. The zero-order valence-corrected chi connectivity index (χ0v) is 26.0. The van der Waals surface area contributed by atoms with Crippen LogP contribution < -0.4 is 9.62 Å². The molecule has 3 rings (SSSR count). The summed E-state index contributed by atoms with van der Waals surface area (Å²) in [6.07, 6.45) is 0.693. The molecule has 7 nitrogen and oxygen atoms in total. The van der Waals surface area contributed by atoms with Gasteiger partial charge in [0, 0.05) is 28.7 Å². The molecule has 12 heteroatoms. The summed E-state index contributed by atoms with van der Waals surface area (Å²) in [5.41, 5.74) is 1.29. The minimum absolute atomic E-state index is 0.0157. The van der Waals surface area contributed by atoms with E-state index in [0.29, 0.717) is 28.6 Å². The highest BCUT2D eigenvalue weighted by Gasteiger charge is 2.34. The van der Waals surface area contributed by atoms with Crippen molar-refractivity contribution < 1.29 is 18.0 Å². The Balaban J connectivity index is 2.10. The maximum absolute atomic E-state index is 14.0. The van der Waals surface area contributed by atoms with Crippen LogP contribution in [0.25, 0.3) is 0 Å². The van der Waals surface area contributed by atoms with E-state index in [1.807, 2.05) is 13.8 Å². The van der Waals surface area contributed by atoms with Crippen molar-refractivity contribution in [1.29, 1.82) is 0 Å². The first-order valence-electron chi connectivity index (χ1n) is 12.4. The molecular formula is C28H29Cl4N3O4S. The molecule has 2 amide bonds. The van der Waals surface area contributed by atoms with Crippen molar-refractivity contribution in [3.8, 4) is 0 Å². The van der Waals surface area contributed by atoms with E-state index in [1.165, 1.54) is 35.2 Å². The molecule has 0 unspecified atom stereocenters. The number of aryl methyl sites for hydroxylation is 1. The van der Waals surface area contributed by atoms with Crippen LogP contribution in [-0.2, 0) is 26.2 Å². The van der Waals surface area contributed by atoms with E-state index >= 15 is 0 Å². The molecule has 0 aliphatic rings. The van der Waals surface area contributed by atoms with Crippen LogP contribution in [0.4, 0.5) is 5.69 Å². The molecule has 0 aromatic heterocycles. The fourth-order valence-electron chi connectivity index (χ4n) is 3.87. The van der Waals surface area contributed by atoms with Crippen LogP contribution in [0.15, 0.2) is 65.6 Å². The number of carbonyl (C=O) groups excluding carboxylic acids is 2. The molecule has 1 N–H and O–H groups in total. The molecule has 0 spiro atoms. The Kier molecular flexibility index (Phi) is 11.1. The number of benzene rings is 3. The van der Waals surface area contributed by atoms with Gasteiger partial charge in [0.25, 0.3) is 10.0 Å². The fraction of sp³-hybridized carbons (Fsp3) is 0.286. The van der Waals surface area contributed by atoms with Crippen LogP contribution in [0.2, 0.25) is 20.1 Å². The van der Waals surface area contributed by atoms with E-state index in [4.69, 9.17) is 46.4 Å². The van der Waals surface area contributed by atoms with Gasteiger partial charge >= 0.3 is 0 Å². The van der Waals surface area contributed by atoms with Gasteiger partial charge in [0.1, 0.15) is 12.6 Å². The first-order valence-corrected chi connectivity index (χ1v) is 15.4. The predicted molar refractivity (Wildman–Crippen MR) is 162 cm³/mol. The quantitative estimate of drug-likeness (QED) is 0.250. The lowest BCUT2D eigenvalue weighted by Gasteiger charge is -2.32. The van der Waals surface area contributed by atoms with Crippen molar-refractivity contribution in [2.75, 3.05) is 17.4 Å². The van der Waals surface area contributed by atoms with Crippen LogP contribution >= 0.6 is 46.4 Å². The van der Waals surface area contributed by atoms with Crippen LogP contribution in [0.1, 0.15) is 31.4 Å². The monoisotopic (exact) mass is 643 g/mol. The van der Waals surface area contributed by atoms with Crippen LogP contribution in [0.3, 0.4) is 0 Å². The highest BCUT2D eigenvalue weighted by Crippen LogP contribution is 2.36. The van der Waals surface area contributed by atoms with E-state index in [-0.39, 0.29) is 27.2 Å². The molecule has 214 valence electrons. The normalized spacial score (nSPS) is 12.1. The third-order valence-electron chi connectivity index (χ3n) is 6.19. The Morgan fingerprint density at radius 2 is 1.48 bits per heavy atom. The van der Waals surface area contributed by atoms with Gasteiger partial charge in [-0.3, -0.25) is 13.9 Å². The minimum atomic E-state index is -4.30. The van der Waals surface area contributed by atoms with Crippen molar-refractivity contribution in [2.24, 2.45) is 0 Å². The summed E-state index contributed by atoms with van der Waals surface area (Å²) < 4.78 is 28.7. The summed E-state index contributed by atoms with van der Waals surface area (Å²) in [5.74, 6) is -1.09. The lowest BCUT2D eigenvalue weighted by Crippen LogP contribution is -2.51. The topological polar surface area (TPSA) is 86.8 Å². The third kappa shape index (κ3) is 7.42. The van der Waals surface area contributed by atoms with Gasteiger partial charge in [-0.2, -0.15) is 0 Å². The molecule has 0 aliphatic heterocycles. The second-order valence-electron chi connectivity index (χ2n) is 9.09. The maximum Gasteiger partial charge on any atom is 0.264 e. The van der Waals surface area contributed by atoms with Crippen LogP contribution in [0.5, 0.6) is 0 Å². The molecule has 0 saturated carbocycles. The van der Waals surface area contributed by atoms with Gasteiger partial charge in [-0.15, -0.1) is 0 Å². The number of nitrogens with one attached hydrogen (secondary N) is 1. The van der Waals surface area contributed by atoms with Gasteiger partial charge in [-0.25, -0.2) is 8.42 Å². The summed E-state index contributed by atoms with van der Waals surface area (Å²) in [5, 5.41) is 3.45. The summed E-state index contributed by atoms with van der Waals surface area (Å²) in [6, 6.07) is 14.6. The van der Waals surface area contributed by atoms with Gasteiger partial charge in [-0.05, 0) is 56.7 Å². The molecule has 0 heterocycles. The zero-order chi connectivity index (χ0) is 29.6. The summed E-state index contributed by atoms with van der Waals surface area (Å²) in [4.78, 5) is 28.2. The summed E-state index contributed by atoms with van der Waals surface area (Å²) in [6.45, 7) is 4.88. The largest absolute Gasteiger partial charge is 0.354 e. The minimum Gasteiger partial charge on any atom is -0.354 e. The number of anilines is 1. The molecule has 0 radical (unpaired) electrons. The second kappa shape index (κ2) is 13.9. The second-order valence-corrected chi connectivity index (χ2v) is 12.5. The van der Waals surface area contributed by atoms with E-state index in [2.05, 4.69) is 5.32 Å². The number of halogens is 4. The maximum atomic E-state index is 14.0. The Morgan fingerprint density at radius 3 is 2.08 bits per heavy atom. The molecule has 0 aliphatic carbocycles. The van der Waals surface area contributed by atoms with Crippen molar-refractivity contribution in [3.63, 3.8) is 0 Å². The van der Waals surface area contributed by atoms with Crippen LogP contribution in [0, 0.1) is 6.92 Å². The Labute approximate surface area is 255 Å². The first kappa shape index (κ1) is 32.0. The number of carbonyl (C=O) groups is 2. The van der Waals surface area contributed by atoms with Gasteiger partial charge in [0.05, 0.1) is 20.6 Å². The molecule has 3 aromatic rings. The summed E-state index contributed by atoms with van der Waals surface area (Å²) in [7, 11) is -4.30. The number of amides is 2. The highest BCUT2D eigenvalue weighted by atomic mass is 35.5. The van der Waals surface area contributed by atoms with Gasteiger partial charge in [0.15, 0.2) is 0 Å². The molecule has 40 heavy (non-hydrogen) atoms. The van der Waals surface area contributed by atoms with E-state index in [9.17, 15) is 18.0 Å². The van der Waals surface area contributed by atoms with Gasteiger partial charge in [0.2, 0.25) is 11.8 Å². The zero-order valence-electron chi connectivity index (χ0n) is 22.1. The number of nitrogens with zero attached hydrogens (tertiary/aromatic N) is 2. The first-order chi connectivity index (χ1) is 18.9. The Hall–Kier alpha value is -2.49. The van der Waals surface area contributed by atoms with E-state index < -0.39 is 34.4 Å². The van der Waals surface area contributed by atoms with Crippen LogP contribution in [-0.4, -0.2) is 44.3 Å². The van der Waals surface area contributed by atoms with Gasteiger partial charge in [-0.1, -0.05) is 83.2 Å². The fourth-order valence-corrected chi connectivity index (χ4v) is 6.26. The van der Waals surface area contributed by atoms with Crippen molar-refractivity contribution in [3.05, 3.63) is 91.9 Å². The molecular weight excluding hydrogens is 616 g/mol. The average molecular weight is 645 g/mol. The Morgan fingerprint density at radius 1 is 0.900 bits per heavy atom. The number of rotatable bonds is 11.